The molecule has 1 saturated carbocycles. The van der Waals surface area contributed by atoms with Crippen LogP contribution in [-0.4, -0.2) is 24.3 Å². The Balaban J connectivity index is 1.66. The van der Waals surface area contributed by atoms with Gasteiger partial charge in [-0.3, -0.25) is 0 Å². The Labute approximate surface area is 78.3 Å². The summed E-state index contributed by atoms with van der Waals surface area (Å²) in [5, 5.41) is 0. The standard InChI is InChI=1S/C10H16O3/c1-10(2)12-8-5-7(6-3-4-6)11-9(8)13-10/h6-9H,3-5H2,1-2H3/t7-,8-,9-/m1/s1. The Morgan fingerprint density at radius 2 is 1.85 bits per heavy atom. The third-order valence-corrected chi connectivity index (χ3v) is 3.06. The second kappa shape index (κ2) is 2.47. The fourth-order valence-electron chi connectivity index (χ4n) is 2.31. The summed E-state index contributed by atoms with van der Waals surface area (Å²) >= 11 is 0. The van der Waals surface area contributed by atoms with Gasteiger partial charge in [0.25, 0.3) is 0 Å². The van der Waals surface area contributed by atoms with E-state index in [1.54, 1.807) is 0 Å². The topological polar surface area (TPSA) is 27.7 Å². The van der Waals surface area contributed by atoms with Crippen molar-refractivity contribution in [3.05, 3.63) is 0 Å². The molecule has 0 aromatic heterocycles. The quantitative estimate of drug-likeness (QED) is 0.620. The lowest BCUT2D eigenvalue weighted by atomic mass is 10.1. The van der Waals surface area contributed by atoms with Crippen LogP contribution in [0.3, 0.4) is 0 Å². The van der Waals surface area contributed by atoms with E-state index in [4.69, 9.17) is 14.2 Å². The Morgan fingerprint density at radius 1 is 1.08 bits per heavy atom. The van der Waals surface area contributed by atoms with Gasteiger partial charge in [-0.25, -0.2) is 0 Å². The molecule has 74 valence electrons. The van der Waals surface area contributed by atoms with Gasteiger partial charge >= 0.3 is 0 Å². The number of rotatable bonds is 1. The summed E-state index contributed by atoms with van der Waals surface area (Å²) in [5.74, 6) is 0.352. The molecule has 3 rings (SSSR count). The zero-order valence-electron chi connectivity index (χ0n) is 8.16. The first-order valence-electron chi connectivity index (χ1n) is 5.15. The van der Waals surface area contributed by atoms with E-state index in [9.17, 15) is 0 Å². The van der Waals surface area contributed by atoms with Crippen molar-refractivity contribution in [3.63, 3.8) is 0 Å². The van der Waals surface area contributed by atoms with Crippen LogP contribution in [0.2, 0.25) is 0 Å². The molecule has 2 heterocycles. The molecule has 0 amide bonds. The molecule has 0 bridgehead atoms. The molecule has 3 aliphatic rings. The molecule has 0 aromatic carbocycles. The summed E-state index contributed by atoms with van der Waals surface area (Å²) in [4.78, 5) is 0. The molecule has 0 aromatic rings. The minimum absolute atomic E-state index is 0.0967. The first kappa shape index (κ1) is 8.21. The monoisotopic (exact) mass is 184 g/mol. The SMILES string of the molecule is CC1(C)O[C@H]2O[C@@H](C3CC3)C[C@H]2O1. The van der Waals surface area contributed by atoms with E-state index in [1.807, 2.05) is 13.8 Å². The van der Waals surface area contributed by atoms with Gasteiger partial charge in [-0.05, 0) is 32.6 Å². The highest BCUT2D eigenvalue weighted by Gasteiger charge is 2.51. The summed E-state index contributed by atoms with van der Waals surface area (Å²) in [7, 11) is 0. The summed E-state index contributed by atoms with van der Waals surface area (Å²) < 4.78 is 17.2. The molecular weight excluding hydrogens is 168 g/mol. The van der Waals surface area contributed by atoms with E-state index >= 15 is 0 Å². The van der Waals surface area contributed by atoms with Crippen LogP contribution < -0.4 is 0 Å². The van der Waals surface area contributed by atoms with E-state index in [1.165, 1.54) is 12.8 Å². The number of hydrogen-bond donors (Lipinski definition) is 0. The van der Waals surface area contributed by atoms with E-state index < -0.39 is 5.79 Å². The molecule has 0 radical (unpaired) electrons. The van der Waals surface area contributed by atoms with E-state index in [0.717, 1.165) is 12.3 Å². The van der Waals surface area contributed by atoms with Gasteiger partial charge in [0.15, 0.2) is 12.1 Å². The van der Waals surface area contributed by atoms with Gasteiger partial charge in [0.2, 0.25) is 0 Å². The lowest BCUT2D eigenvalue weighted by molar-refractivity contribution is -0.206. The molecular formula is C10H16O3. The van der Waals surface area contributed by atoms with Crippen molar-refractivity contribution < 1.29 is 14.2 Å². The van der Waals surface area contributed by atoms with Gasteiger partial charge in [-0.2, -0.15) is 0 Å². The third-order valence-electron chi connectivity index (χ3n) is 3.06. The smallest absolute Gasteiger partial charge is 0.187 e. The van der Waals surface area contributed by atoms with Crippen LogP contribution in [0, 0.1) is 5.92 Å². The maximum Gasteiger partial charge on any atom is 0.187 e. The second-order valence-electron chi connectivity index (χ2n) is 4.79. The van der Waals surface area contributed by atoms with Gasteiger partial charge < -0.3 is 14.2 Å². The second-order valence-corrected chi connectivity index (χ2v) is 4.79. The van der Waals surface area contributed by atoms with Crippen LogP contribution >= 0.6 is 0 Å². The minimum atomic E-state index is -0.441. The van der Waals surface area contributed by atoms with Crippen molar-refractivity contribution in [1.29, 1.82) is 0 Å². The molecule has 2 aliphatic heterocycles. The average Bonchev–Trinajstić information content (AvgIpc) is 2.71. The molecule has 0 N–H and O–H groups in total. The third kappa shape index (κ3) is 1.39. The maximum atomic E-state index is 5.80. The highest BCUT2D eigenvalue weighted by Crippen LogP contribution is 2.45. The van der Waals surface area contributed by atoms with Crippen molar-refractivity contribution in [2.45, 2.75) is 57.4 Å². The number of fused-ring (bicyclic) bond motifs is 1. The Hall–Kier alpha value is -0.120. The fourth-order valence-corrected chi connectivity index (χ4v) is 2.31. The molecule has 0 spiro atoms. The fraction of sp³-hybridized carbons (Fsp3) is 1.00. The first-order valence-corrected chi connectivity index (χ1v) is 5.15. The minimum Gasteiger partial charge on any atom is -0.346 e. The van der Waals surface area contributed by atoms with Gasteiger partial charge in [0.05, 0.1) is 6.10 Å². The zero-order chi connectivity index (χ0) is 9.05. The predicted octanol–water partition coefficient (Wildman–Crippen LogP) is 1.66. The van der Waals surface area contributed by atoms with Crippen molar-refractivity contribution in [1.82, 2.24) is 0 Å². The van der Waals surface area contributed by atoms with Gasteiger partial charge in [-0.1, -0.05) is 0 Å². The van der Waals surface area contributed by atoms with Crippen molar-refractivity contribution in [3.8, 4) is 0 Å². The molecule has 3 atom stereocenters. The predicted molar refractivity (Wildman–Crippen MR) is 46.0 cm³/mol. The van der Waals surface area contributed by atoms with Crippen molar-refractivity contribution >= 4 is 0 Å². The van der Waals surface area contributed by atoms with Gasteiger partial charge in [0.1, 0.15) is 6.10 Å². The lowest BCUT2D eigenvalue weighted by Crippen LogP contribution is -2.25. The largest absolute Gasteiger partial charge is 0.346 e. The molecule has 3 fully saturated rings. The van der Waals surface area contributed by atoms with Crippen LogP contribution in [0.15, 0.2) is 0 Å². The Morgan fingerprint density at radius 3 is 2.46 bits per heavy atom. The van der Waals surface area contributed by atoms with Crippen molar-refractivity contribution in [2.75, 3.05) is 0 Å². The van der Waals surface area contributed by atoms with Crippen LogP contribution in [0.25, 0.3) is 0 Å². The first-order chi connectivity index (χ1) is 6.14. The van der Waals surface area contributed by atoms with E-state index in [-0.39, 0.29) is 12.4 Å². The summed E-state index contributed by atoms with van der Waals surface area (Å²) in [6.07, 6.45) is 4.17. The highest BCUT2D eigenvalue weighted by molar-refractivity contribution is 4.92. The molecule has 13 heavy (non-hydrogen) atoms. The Bertz CT molecular complexity index is 206. The maximum absolute atomic E-state index is 5.80. The molecule has 0 unspecified atom stereocenters. The van der Waals surface area contributed by atoms with Crippen LogP contribution in [-0.2, 0) is 14.2 Å². The molecule has 3 nitrogen and oxygen atoms in total. The van der Waals surface area contributed by atoms with Crippen LogP contribution in [0.4, 0.5) is 0 Å². The van der Waals surface area contributed by atoms with Crippen LogP contribution in [0.1, 0.15) is 33.1 Å². The van der Waals surface area contributed by atoms with Crippen LogP contribution in [0.5, 0.6) is 0 Å². The summed E-state index contributed by atoms with van der Waals surface area (Å²) in [6, 6.07) is 0. The zero-order valence-corrected chi connectivity index (χ0v) is 8.16. The summed E-state index contributed by atoms with van der Waals surface area (Å²) in [6.45, 7) is 3.89. The number of hydrogen-bond acceptors (Lipinski definition) is 3. The Kier molecular flexibility index (Phi) is 1.56. The van der Waals surface area contributed by atoms with E-state index in [0.29, 0.717) is 6.10 Å². The highest BCUT2D eigenvalue weighted by atomic mass is 16.8. The molecule has 2 saturated heterocycles. The normalized spacial score (nSPS) is 48.0. The molecule has 1 aliphatic carbocycles. The van der Waals surface area contributed by atoms with Crippen molar-refractivity contribution in [2.24, 2.45) is 5.92 Å². The van der Waals surface area contributed by atoms with Gasteiger partial charge in [-0.15, -0.1) is 0 Å². The summed E-state index contributed by atoms with van der Waals surface area (Å²) in [5.41, 5.74) is 0. The lowest BCUT2D eigenvalue weighted by Gasteiger charge is -2.20. The van der Waals surface area contributed by atoms with Gasteiger partial charge in [0, 0.05) is 6.42 Å². The average molecular weight is 184 g/mol. The number of ether oxygens (including phenoxy) is 3. The molecule has 3 heteroatoms. The van der Waals surface area contributed by atoms with E-state index in [2.05, 4.69) is 0 Å².